The number of carbonyl (C=O) groups excluding carboxylic acids is 1. The Kier molecular flexibility index (Phi) is 2.10. The van der Waals surface area contributed by atoms with Crippen LogP contribution in [0.4, 0.5) is 0 Å². The predicted molar refractivity (Wildman–Crippen MR) is 37.3 cm³/mol. The molecule has 1 heterocycles. The molecule has 5 heteroatoms. The summed E-state index contributed by atoms with van der Waals surface area (Å²) in [5.41, 5.74) is 0.150. The highest BCUT2D eigenvalue weighted by Crippen LogP contribution is 1.88. The molecule has 0 saturated carbocycles. The van der Waals surface area contributed by atoms with Crippen molar-refractivity contribution in [3.8, 4) is 0 Å². The molecule has 0 spiro atoms. The molecule has 0 unspecified atom stereocenters. The molecule has 1 aromatic rings. The maximum Gasteiger partial charge on any atom is 0.416 e. The Morgan fingerprint density at radius 3 is 3.00 bits per heavy atom. The van der Waals surface area contributed by atoms with Crippen molar-refractivity contribution in [3.05, 3.63) is 22.5 Å². The molecule has 1 amide bonds. The molecule has 0 bridgehead atoms. The van der Waals surface area contributed by atoms with E-state index in [-0.39, 0.29) is 11.6 Å². The smallest absolute Gasteiger partial charge is 0.416 e. The second-order valence-corrected chi connectivity index (χ2v) is 1.92. The van der Waals surface area contributed by atoms with E-state index in [1.807, 2.05) is 0 Å². The summed E-state index contributed by atoms with van der Waals surface area (Å²) in [5.74, 6) is -0.954. The van der Waals surface area contributed by atoms with E-state index in [0.29, 0.717) is 6.54 Å². The topological polar surface area (TPSA) is 75.1 Å². The van der Waals surface area contributed by atoms with Crippen molar-refractivity contribution in [1.82, 2.24) is 10.3 Å². The molecule has 0 fully saturated rings. The fourth-order valence-corrected chi connectivity index (χ4v) is 0.647. The number of oxazole rings is 1. The van der Waals surface area contributed by atoms with Crippen LogP contribution in [0.2, 0.25) is 0 Å². The lowest BCUT2D eigenvalue weighted by Crippen LogP contribution is -2.23. The lowest BCUT2D eigenvalue weighted by atomic mass is 10.4. The molecular weight excluding hydrogens is 148 g/mol. The second kappa shape index (κ2) is 3.05. The zero-order valence-electron chi connectivity index (χ0n) is 6.01. The van der Waals surface area contributed by atoms with Gasteiger partial charge in [0.15, 0.2) is 0 Å². The third-order valence-corrected chi connectivity index (χ3v) is 1.10. The van der Waals surface area contributed by atoms with Gasteiger partial charge in [-0.15, -0.1) is 0 Å². The van der Waals surface area contributed by atoms with E-state index in [2.05, 4.69) is 14.7 Å². The molecular formula is C6H8N2O3. The van der Waals surface area contributed by atoms with Crippen LogP contribution in [0, 0.1) is 0 Å². The van der Waals surface area contributed by atoms with E-state index < -0.39 is 5.76 Å². The number of aromatic nitrogens is 1. The number of rotatable bonds is 2. The van der Waals surface area contributed by atoms with Crippen molar-refractivity contribution in [1.29, 1.82) is 0 Å². The van der Waals surface area contributed by atoms with Crippen LogP contribution in [0.5, 0.6) is 0 Å². The Bertz CT molecular complexity index is 299. The Morgan fingerprint density at radius 1 is 1.82 bits per heavy atom. The van der Waals surface area contributed by atoms with Gasteiger partial charge in [0, 0.05) is 6.54 Å². The summed E-state index contributed by atoms with van der Waals surface area (Å²) in [6, 6.07) is 0. The normalized spacial score (nSPS) is 9.55. The van der Waals surface area contributed by atoms with Crippen LogP contribution in [-0.4, -0.2) is 17.4 Å². The van der Waals surface area contributed by atoms with E-state index in [1.54, 1.807) is 6.92 Å². The number of hydrogen-bond acceptors (Lipinski definition) is 3. The van der Waals surface area contributed by atoms with Gasteiger partial charge in [0.1, 0.15) is 12.0 Å². The van der Waals surface area contributed by atoms with Crippen molar-refractivity contribution in [3.63, 3.8) is 0 Å². The summed E-state index contributed by atoms with van der Waals surface area (Å²) in [6.45, 7) is 2.31. The van der Waals surface area contributed by atoms with Gasteiger partial charge in [-0.3, -0.25) is 9.78 Å². The molecule has 0 radical (unpaired) electrons. The van der Waals surface area contributed by atoms with Crippen molar-refractivity contribution in [2.45, 2.75) is 6.92 Å². The summed E-state index contributed by atoms with van der Waals surface area (Å²) in [6.07, 6.45) is 1.09. The monoisotopic (exact) mass is 156 g/mol. The first kappa shape index (κ1) is 7.59. The molecule has 0 aliphatic rings. The van der Waals surface area contributed by atoms with Gasteiger partial charge in [0.25, 0.3) is 5.91 Å². The van der Waals surface area contributed by atoms with Crippen LogP contribution in [0.1, 0.15) is 17.4 Å². The third-order valence-electron chi connectivity index (χ3n) is 1.10. The van der Waals surface area contributed by atoms with E-state index in [1.165, 1.54) is 0 Å². The van der Waals surface area contributed by atoms with Gasteiger partial charge in [0.2, 0.25) is 0 Å². The number of aromatic amines is 1. The molecule has 0 atom stereocenters. The summed E-state index contributed by atoms with van der Waals surface area (Å²) in [4.78, 5) is 23.5. The maximum absolute atomic E-state index is 10.9. The highest BCUT2D eigenvalue weighted by Gasteiger charge is 2.06. The number of hydrogen-bond donors (Lipinski definition) is 2. The van der Waals surface area contributed by atoms with Crippen molar-refractivity contribution < 1.29 is 9.21 Å². The summed E-state index contributed by atoms with van der Waals surface area (Å²) < 4.78 is 4.36. The SMILES string of the molecule is CCNC(=O)c1coc(=O)[nH]1. The average molecular weight is 156 g/mol. The van der Waals surface area contributed by atoms with Crippen LogP contribution in [0.15, 0.2) is 15.5 Å². The molecule has 1 aromatic heterocycles. The summed E-state index contributed by atoms with van der Waals surface area (Å²) in [7, 11) is 0. The van der Waals surface area contributed by atoms with Crippen LogP contribution < -0.4 is 11.1 Å². The van der Waals surface area contributed by atoms with Gasteiger partial charge < -0.3 is 9.73 Å². The number of nitrogens with one attached hydrogen (secondary N) is 2. The van der Waals surface area contributed by atoms with Crippen LogP contribution in [-0.2, 0) is 0 Å². The first-order valence-electron chi connectivity index (χ1n) is 3.20. The second-order valence-electron chi connectivity index (χ2n) is 1.92. The maximum atomic E-state index is 10.9. The summed E-state index contributed by atoms with van der Waals surface area (Å²) in [5, 5.41) is 2.51. The molecule has 0 saturated heterocycles. The lowest BCUT2D eigenvalue weighted by Gasteiger charge is -1.94. The highest BCUT2D eigenvalue weighted by atomic mass is 16.4. The van der Waals surface area contributed by atoms with Gasteiger partial charge in [-0.2, -0.15) is 0 Å². The molecule has 11 heavy (non-hydrogen) atoms. The fourth-order valence-electron chi connectivity index (χ4n) is 0.647. The van der Waals surface area contributed by atoms with Crippen LogP contribution in [0.25, 0.3) is 0 Å². The standard InChI is InChI=1S/C6H8N2O3/c1-2-7-5(9)4-3-11-6(10)8-4/h3H,2H2,1H3,(H,7,9)(H,8,10). The van der Waals surface area contributed by atoms with Crippen LogP contribution in [0.3, 0.4) is 0 Å². The van der Waals surface area contributed by atoms with Crippen molar-refractivity contribution in [2.75, 3.05) is 6.54 Å². The van der Waals surface area contributed by atoms with Gasteiger partial charge in [-0.1, -0.05) is 0 Å². The molecule has 0 aliphatic carbocycles. The number of amides is 1. The Morgan fingerprint density at radius 2 is 2.55 bits per heavy atom. The molecule has 0 aliphatic heterocycles. The number of carbonyl (C=O) groups is 1. The third kappa shape index (κ3) is 1.70. The number of H-pyrrole nitrogens is 1. The minimum Gasteiger partial charge on any atom is -0.416 e. The Hall–Kier alpha value is -1.52. The van der Waals surface area contributed by atoms with Crippen LogP contribution >= 0.6 is 0 Å². The highest BCUT2D eigenvalue weighted by molar-refractivity contribution is 5.91. The average Bonchev–Trinajstić information content (AvgIpc) is 2.36. The Balaban J connectivity index is 2.76. The van der Waals surface area contributed by atoms with Crippen molar-refractivity contribution >= 4 is 5.91 Å². The van der Waals surface area contributed by atoms with E-state index in [4.69, 9.17) is 0 Å². The minimum absolute atomic E-state index is 0.150. The zero-order valence-corrected chi connectivity index (χ0v) is 6.01. The lowest BCUT2D eigenvalue weighted by molar-refractivity contribution is 0.0951. The molecule has 0 aromatic carbocycles. The fraction of sp³-hybridized carbons (Fsp3) is 0.333. The molecule has 5 nitrogen and oxygen atoms in total. The van der Waals surface area contributed by atoms with Gasteiger partial charge in [-0.25, -0.2) is 4.79 Å². The summed E-state index contributed by atoms with van der Waals surface area (Å²) >= 11 is 0. The molecule has 60 valence electrons. The van der Waals surface area contributed by atoms with Gasteiger partial charge >= 0.3 is 5.76 Å². The minimum atomic E-state index is -0.619. The van der Waals surface area contributed by atoms with Gasteiger partial charge in [0.05, 0.1) is 0 Å². The van der Waals surface area contributed by atoms with E-state index >= 15 is 0 Å². The van der Waals surface area contributed by atoms with E-state index in [0.717, 1.165) is 6.26 Å². The molecule has 1 rings (SSSR count). The van der Waals surface area contributed by atoms with E-state index in [9.17, 15) is 9.59 Å². The van der Waals surface area contributed by atoms with Gasteiger partial charge in [-0.05, 0) is 6.92 Å². The largest absolute Gasteiger partial charge is 0.416 e. The zero-order chi connectivity index (χ0) is 8.27. The molecule has 2 N–H and O–H groups in total. The Labute approximate surface area is 62.4 Å². The van der Waals surface area contributed by atoms with Crippen molar-refractivity contribution in [2.24, 2.45) is 0 Å². The quantitative estimate of drug-likeness (QED) is 0.618. The first-order chi connectivity index (χ1) is 5.24. The predicted octanol–water partition coefficient (Wildman–Crippen LogP) is -0.282. The first-order valence-corrected chi connectivity index (χ1v) is 3.20.